The molecule has 4 rings (SSSR count). The van der Waals surface area contributed by atoms with Crippen LogP contribution in [0.15, 0.2) is 73.1 Å². The molecule has 0 fully saturated rings. The summed E-state index contributed by atoms with van der Waals surface area (Å²) < 4.78 is 8.07. The van der Waals surface area contributed by atoms with Crippen LogP contribution in [0.5, 0.6) is 5.75 Å². The summed E-state index contributed by atoms with van der Waals surface area (Å²) >= 11 is 0. The lowest BCUT2D eigenvalue weighted by Gasteiger charge is -2.16. The smallest absolute Gasteiger partial charge is 0.251 e. The summed E-state index contributed by atoms with van der Waals surface area (Å²) in [6.45, 7) is 5.51. The van der Waals surface area contributed by atoms with Gasteiger partial charge in [0.15, 0.2) is 0 Å². The second-order valence-corrected chi connectivity index (χ2v) is 7.91. The van der Waals surface area contributed by atoms with Crippen molar-refractivity contribution in [3.05, 3.63) is 90.0 Å². The minimum Gasteiger partial charge on any atom is -0.494 e. The number of carbonyl (C=O) groups is 1. The highest BCUT2D eigenvalue weighted by Gasteiger charge is 2.19. The monoisotopic (exact) mass is 428 g/mol. The first-order valence-corrected chi connectivity index (χ1v) is 11.0. The number of amides is 1. The molecule has 4 aromatic rings. The molecule has 2 aromatic heterocycles. The molecule has 0 radical (unpaired) electrons. The van der Waals surface area contributed by atoms with Crippen LogP contribution in [0.25, 0.3) is 11.0 Å². The quantitative estimate of drug-likeness (QED) is 0.377. The van der Waals surface area contributed by atoms with Crippen LogP contribution < -0.4 is 10.1 Å². The Morgan fingerprint density at radius 2 is 1.78 bits per heavy atom. The minimum absolute atomic E-state index is 0.134. The number of imidazole rings is 1. The molecule has 1 N–H and O–H groups in total. The molecule has 1 atom stereocenters. The van der Waals surface area contributed by atoms with Gasteiger partial charge in [-0.1, -0.05) is 29.8 Å². The normalized spacial score (nSPS) is 11.9. The molecule has 0 saturated heterocycles. The van der Waals surface area contributed by atoms with Crippen LogP contribution >= 0.6 is 0 Å². The molecule has 0 saturated carbocycles. The predicted molar refractivity (Wildman–Crippen MR) is 126 cm³/mol. The molecule has 164 valence electrons. The molecule has 32 heavy (non-hydrogen) atoms. The van der Waals surface area contributed by atoms with E-state index < -0.39 is 0 Å². The van der Waals surface area contributed by atoms with Gasteiger partial charge in [-0.05, 0) is 63.1 Å². The lowest BCUT2D eigenvalue weighted by molar-refractivity contribution is 0.0937. The fourth-order valence-electron chi connectivity index (χ4n) is 3.70. The summed E-state index contributed by atoms with van der Waals surface area (Å²) in [5.74, 6) is 1.62. The summed E-state index contributed by atoms with van der Waals surface area (Å²) in [7, 11) is 0. The van der Waals surface area contributed by atoms with Crippen molar-refractivity contribution < 1.29 is 9.53 Å². The fraction of sp³-hybridized carbons (Fsp3) is 0.269. The highest BCUT2D eigenvalue weighted by atomic mass is 16.5. The van der Waals surface area contributed by atoms with Crippen molar-refractivity contribution in [3.63, 3.8) is 0 Å². The van der Waals surface area contributed by atoms with E-state index in [1.165, 1.54) is 5.56 Å². The first-order chi connectivity index (χ1) is 15.6. The molecule has 2 aromatic carbocycles. The molecule has 0 aliphatic heterocycles. The summed E-state index contributed by atoms with van der Waals surface area (Å²) in [6.07, 6.45) is 5.11. The van der Waals surface area contributed by atoms with Crippen LogP contribution in [0.2, 0.25) is 0 Å². The van der Waals surface area contributed by atoms with E-state index in [2.05, 4.69) is 40.0 Å². The van der Waals surface area contributed by atoms with Gasteiger partial charge in [-0.2, -0.15) is 0 Å². The Morgan fingerprint density at radius 1 is 1.03 bits per heavy atom. The number of nitrogens with zero attached hydrogens (tertiary/aromatic N) is 3. The Bertz CT molecular complexity index is 1170. The van der Waals surface area contributed by atoms with Gasteiger partial charge in [-0.3, -0.25) is 9.78 Å². The van der Waals surface area contributed by atoms with Crippen molar-refractivity contribution in [1.29, 1.82) is 0 Å². The van der Waals surface area contributed by atoms with E-state index in [0.29, 0.717) is 12.2 Å². The van der Waals surface area contributed by atoms with Crippen molar-refractivity contribution in [2.24, 2.45) is 0 Å². The van der Waals surface area contributed by atoms with Gasteiger partial charge in [0.2, 0.25) is 0 Å². The number of para-hydroxylation sites is 2. The van der Waals surface area contributed by atoms with Crippen LogP contribution in [0.3, 0.4) is 0 Å². The average molecular weight is 429 g/mol. The van der Waals surface area contributed by atoms with Crippen LogP contribution in [0.1, 0.15) is 47.6 Å². The molecule has 1 amide bonds. The van der Waals surface area contributed by atoms with E-state index in [1.807, 2.05) is 37.3 Å². The number of aromatic nitrogens is 3. The number of benzene rings is 2. The number of rotatable bonds is 9. The van der Waals surface area contributed by atoms with Crippen LogP contribution in [-0.2, 0) is 6.54 Å². The van der Waals surface area contributed by atoms with Crippen molar-refractivity contribution in [3.8, 4) is 5.75 Å². The largest absolute Gasteiger partial charge is 0.494 e. The molecule has 0 spiro atoms. The van der Waals surface area contributed by atoms with Gasteiger partial charge in [0.05, 0.1) is 23.7 Å². The van der Waals surface area contributed by atoms with Crippen molar-refractivity contribution >= 4 is 16.9 Å². The Kier molecular flexibility index (Phi) is 6.80. The number of fused-ring (bicyclic) bond motifs is 1. The minimum atomic E-state index is -0.230. The first kappa shape index (κ1) is 21.6. The van der Waals surface area contributed by atoms with E-state index in [4.69, 9.17) is 9.72 Å². The summed E-state index contributed by atoms with van der Waals surface area (Å²) in [5, 5.41) is 3.07. The van der Waals surface area contributed by atoms with Gasteiger partial charge in [0, 0.05) is 24.5 Å². The molecule has 6 nitrogen and oxygen atoms in total. The Labute approximate surface area is 188 Å². The molecular weight excluding hydrogens is 400 g/mol. The van der Waals surface area contributed by atoms with Gasteiger partial charge in [0.25, 0.3) is 5.91 Å². The number of hydrogen-bond acceptors (Lipinski definition) is 4. The first-order valence-electron chi connectivity index (χ1n) is 11.0. The lowest BCUT2D eigenvalue weighted by atomic mass is 10.2. The number of hydrogen-bond donors (Lipinski definition) is 1. The fourth-order valence-corrected chi connectivity index (χ4v) is 3.70. The zero-order valence-electron chi connectivity index (χ0n) is 18.5. The number of pyridine rings is 1. The Hall–Kier alpha value is -3.67. The van der Waals surface area contributed by atoms with E-state index in [0.717, 1.165) is 42.0 Å². The maximum Gasteiger partial charge on any atom is 0.251 e. The number of carbonyl (C=O) groups excluding carboxylic acids is 1. The maximum atomic E-state index is 12.6. The second-order valence-electron chi connectivity index (χ2n) is 7.91. The summed E-state index contributed by atoms with van der Waals surface area (Å²) in [4.78, 5) is 21.4. The highest BCUT2D eigenvalue weighted by Crippen LogP contribution is 2.22. The number of ether oxygens (including phenoxy) is 1. The van der Waals surface area contributed by atoms with Gasteiger partial charge in [0.1, 0.15) is 11.6 Å². The van der Waals surface area contributed by atoms with Gasteiger partial charge >= 0.3 is 0 Å². The topological polar surface area (TPSA) is 69.0 Å². The molecule has 0 aliphatic carbocycles. The van der Waals surface area contributed by atoms with E-state index in [-0.39, 0.29) is 11.9 Å². The van der Waals surface area contributed by atoms with Gasteiger partial charge < -0.3 is 14.6 Å². The van der Waals surface area contributed by atoms with E-state index in [9.17, 15) is 4.79 Å². The number of aryl methyl sites for hydroxylation is 2. The zero-order valence-corrected chi connectivity index (χ0v) is 18.5. The van der Waals surface area contributed by atoms with Crippen molar-refractivity contribution in [1.82, 2.24) is 19.9 Å². The van der Waals surface area contributed by atoms with Gasteiger partial charge in [-0.25, -0.2) is 4.98 Å². The predicted octanol–water partition coefficient (Wildman–Crippen LogP) is 5.09. The average Bonchev–Trinajstić information content (AvgIpc) is 3.19. The van der Waals surface area contributed by atoms with E-state index in [1.54, 1.807) is 24.5 Å². The Morgan fingerprint density at radius 3 is 2.56 bits per heavy atom. The van der Waals surface area contributed by atoms with Gasteiger partial charge in [-0.15, -0.1) is 0 Å². The standard InChI is InChI=1S/C26H28N4O2/c1-19-9-11-22(12-10-19)32-18-6-5-17-30-24-8-4-3-7-23(24)29-25(30)20(2)28-26(31)21-13-15-27-16-14-21/h3-4,7-16,20H,5-6,17-18H2,1-2H3,(H,28,31). The third-order valence-corrected chi connectivity index (χ3v) is 5.43. The Balaban J connectivity index is 1.41. The van der Waals surface area contributed by atoms with Crippen LogP contribution in [0.4, 0.5) is 0 Å². The van der Waals surface area contributed by atoms with Crippen LogP contribution in [-0.4, -0.2) is 27.0 Å². The van der Waals surface area contributed by atoms with Crippen molar-refractivity contribution in [2.75, 3.05) is 6.61 Å². The zero-order chi connectivity index (χ0) is 22.3. The molecule has 1 unspecified atom stereocenters. The second kappa shape index (κ2) is 10.1. The third-order valence-electron chi connectivity index (χ3n) is 5.43. The third kappa shape index (κ3) is 5.14. The lowest BCUT2D eigenvalue weighted by Crippen LogP contribution is -2.28. The summed E-state index contributed by atoms with van der Waals surface area (Å²) in [6, 6.07) is 19.4. The molecule has 0 aliphatic rings. The molecule has 0 bridgehead atoms. The number of unbranched alkanes of at least 4 members (excludes halogenated alkanes) is 1. The molecule has 6 heteroatoms. The van der Waals surface area contributed by atoms with Crippen LogP contribution in [0, 0.1) is 6.92 Å². The van der Waals surface area contributed by atoms with E-state index >= 15 is 0 Å². The SMILES string of the molecule is Cc1ccc(OCCCCn2c(C(C)NC(=O)c3ccncc3)nc3ccccc32)cc1. The highest BCUT2D eigenvalue weighted by molar-refractivity contribution is 5.94. The summed E-state index contributed by atoms with van der Waals surface area (Å²) in [5.41, 5.74) is 3.82. The van der Waals surface area contributed by atoms with Crippen molar-refractivity contribution in [2.45, 2.75) is 39.3 Å². The molecular formula is C26H28N4O2. The number of nitrogens with one attached hydrogen (secondary N) is 1. The molecule has 2 heterocycles. The maximum absolute atomic E-state index is 12.6.